The molecular weight excluding hydrogens is 342 g/mol. The summed E-state index contributed by atoms with van der Waals surface area (Å²) in [6, 6.07) is 9.07. The second-order valence-electron chi connectivity index (χ2n) is 7.83. The first-order chi connectivity index (χ1) is 13.0. The number of likely N-dealkylation sites (N-methyl/N-ethyl adjacent to an activating group) is 1. The van der Waals surface area contributed by atoms with Gasteiger partial charge >= 0.3 is 0 Å². The first kappa shape index (κ1) is 18.0. The van der Waals surface area contributed by atoms with Gasteiger partial charge in [0, 0.05) is 11.1 Å². The molecule has 144 valence electrons. The lowest BCUT2D eigenvalue weighted by atomic mass is 9.73. The summed E-state index contributed by atoms with van der Waals surface area (Å²) < 4.78 is 23.3. The van der Waals surface area contributed by atoms with Gasteiger partial charge in [-0.05, 0) is 42.3 Å². The Morgan fingerprint density at radius 1 is 0.704 bits per heavy atom. The lowest BCUT2D eigenvalue weighted by Crippen LogP contribution is -2.57. The smallest absolute Gasteiger partial charge is 0.161 e. The molecule has 0 radical (unpaired) electrons. The number of ether oxygens (including phenoxy) is 4. The van der Waals surface area contributed by atoms with Gasteiger partial charge in [-0.1, -0.05) is 0 Å². The number of hydrogen-bond acceptors (Lipinski definition) is 4. The molecule has 2 aliphatic heterocycles. The van der Waals surface area contributed by atoms with Crippen LogP contribution in [0.1, 0.15) is 35.1 Å². The van der Waals surface area contributed by atoms with E-state index in [1.807, 2.05) is 0 Å². The fourth-order valence-electron chi connectivity index (χ4n) is 4.90. The molecule has 0 aliphatic carbocycles. The highest BCUT2D eigenvalue weighted by Crippen LogP contribution is 2.51. The monoisotopic (exact) mass is 370 g/mol. The van der Waals surface area contributed by atoms with Crippen molar-refractivity contribution >= 4 is 0 Å². The van der Waals surface area contributed by atoms with Crippen LogP contribution in [0.3, 0.4) is 0 Å². The van der Waals surface area contributed by atoms with Crippen molar-refractivity contribution in [2.75, 3.05) is 35.5 Å². The van der Waals surface area contributed by atoms with Gasteiger partial charge in [0.05, 0.1) is 47.4 Å². The maximum absolute atomic E-state index is 5.59. The van der Waals surface area contributed by atoms with Gasteiger partial charge in [0.1, 0.15) is 13.1 Å². The van der Waals surface area contributed by atoms with Crippen molar-refractivity contribution in [2.45, 2.75) is 32.0 Å². The average molecular weight is 370 g/mol. The lowest BCUT2D eigenvalue weighted by Gasteiger charge is -2.52. The van der Waals surface area contributed by atoms with Crippen LogP contribution < -0.4 is 18.9 Å². The average Bonchev–Trinajstić information content (AvgIpc) is 2.67. The molecule has 5 nitrogen and oxygen atoms in total. The highest BCUT2D eigenvalue weighted by molar-refractivity contribution is 5.56. The number of hydrogen-bond donors (Lipinski definition) is 0. The zero-order valence-electron chi connectivity index (χ0n) is 17.0. The van der Waals surface area contributed by atoms with Gasteiger partial charge in [-0.2, -0.15) is 0 Å². The summed E-state index contributed by atoms with van der Waals surface area (Å²) >= 11 is 0. The maximum Gasteiger partial charge on any atom is 0.161 e. The molecule has 1 unspecified atom stereocenters. The van der Waals surface area contributed by atoms with E-state index in [4.69, 9.17) is 18.9 Å². The number of fused-ring (bicyclic) bond motifs is 6. The van der Waals surface area contributed by atoms with Crippen LogP contribution in [-0.4, -0.2) is 46.0 Å². The van der Waals surface area contributed by atoms with E-state index in [1.165, 1.54) is 22.3 Å². The summed E-state index contributed by atoms with van der Waals surface area (Å²) in [6.07, 6.45) is 0. The second kappa shape index (κ2) is 6.34. The lowest BCUT2D eigenvalue weighted by molar-refractivity contribution is -0.962. The second-order valence-corrected chi connectivity index (χ2v) is 7.83. The molecule has 27 heavy (non-hydrogen) atoms. The molecule has 0 amide bonds. The molecule has 2 aromatic rings. The van der Waals surface area contributed by atoms with Gasteiger partial charge in [0.2, 0.25) is 0 Å². The Hall–Kier alpha value is -2.40. The molecule has 2 bridgehead atoms. The Kier molecular flexibility index (Phi) is 4.22. The van der Waals surface area contributed by atoms with Gasteiger partial charge < -0.3 is 23.4 Å². The molecule has 1 atom stereocenters. The van der Waals surface area contributed by atoms with Crippen molar-refractivity contribution in [1.82, 2.24) is 0 Å². The maximum atomic E-state index is 5.59. The molecule has 4 rings (SSSR count). The Labute approximate surface area is 161 Å². The zero-order valence-corrected chi connectivity index (χ0v) is 17.0. The van der Waals surface area contributed by atoms with Crippen molar-refractivity contribution in [3.05, 3.63) is 46.5 Å². The van der Waals surface area contributed by atoms with Crippen LogP contribution in [0, 0.1) is 0 Å². The first-order valence-electron chi connectivity index (χ1n) is 9.29. The number of quaternary nitrogens is 1. The van der Waals surface area contributed by atoms with E-state index in [2.05, 4.69) is 38.2 Å². The van der Waals surface area contributed by atoms with E-state index in [0.717, 1.165) is 40.6 Å². The molecule has 0 saturated heterocycles. The SMILES string of the molecule is COc1cc2c(cc1OC)C1c3cc(OC)c(OC)cc3C[N+](C)(C2)C1C. The summed E-state index contributed by atoms with van der Waals surface area (Å²) in [5.74, 6) is 3.44. The topological polar surface area (TPSA) is 36.9 Å². The van der Waals surface area contributed by atoms with Crippen LogP contribution in [-0.2, 0) is 13.1 Å². The third kappa shape index (κ3) is 2.56. The summed E-state index contributed by atoms with van der Waals surface area (Å²) in [4.78, 5) is 0. The Morgan fingerprint density at radius 3 is 1.44 bits per heavy atom. The van der Waals surface area contributed by atoms with Gasteiger partial charge in [-0.3, -0.25) is 0 Å². The molecule has 2 aliphatic rings. The number of benzene rings is 2. The van der Waals surface area contributed by atoms with Crippen molar-refractivity contribution in [3.63, 3.8) is 0 Å². The standard InChI is InChI=1S/C22H28NO4/c1-13-22-16-9-20(26-5)18(24-3)7-14(16)11-23(13,2)12-15-8-19(25-4)21(27-6)10-17(15)22/h7-10,13,22H,11-12H2,1-6H3/q+1. The Bertz CT molecular complexity index is 827. The minimum atomic E-state index is 0.280. The molecule has 2 aromatic carbocycles. The minimum absolute atomic E-state index is 0.280. The van der Waals surface area contributed by atoms with Crippen molar-refractivity contribution < 1.29 is 23.4 Å². The highest BCUT2D eigenvalue weighted by atomic mass is 16.5. The van der Waals surface area contributed by atoms with E-state index in [-0.39, 0.29) is 5.92 Å². The Morgan fingerprint density at radius 2 is 1.07 bits per heavy atom. The predicted octanol–water partition coefficient (Wildman–Crippen LogP) is 3.72. The molecular formula is C22H28NO4+. The van der Waals surface area contributed by atoms with Gasteiger partial charge in [0.15, 0.2) is 23.0 Å². The third-order valence-corrected chi connectivity index (χ3v) is 6.49. The van der Waals surface area contributed by atoms with E-state index in [9.17, 15) is 0 Å². The Balaban J connectivity index is 1.96. The highest BCUT2D eigenvalue weighted by Gasteiger charge is 2.48. The van der Waals surface area contributed by atoms with E-state index in [0.29, 0.717) is 6.04 Å². The van der Waals surface area contributed by atoms with Crippen LogP contribution in [0.5, 0.6) is 23.0 Å². The normalized spacial score (nSPS) is 25.3. The van der Waals surface area contributed by atoms with Crippen LogP contribution >= 0.6 is 0 Å². The summed E-state index contributed by atoms with van der Waals surface area (Å²) in [7, 11) is 9.12. The summed E-state index contributed by atoms with van der Waals surface area (Å²) in [5.41, 5.74) is 5.31. The fraction of sp³-hybridized carbons (Fsp3) is 0.455. The molecule has 0 N–H and O–H groups in total. The number of rotatable bonds is 4. The molecule has 2 heterocycles. The zero-order chi connectivity index (χ0) is 19.3. The van der Waals surface area contributed by atoms with Crippen molar-refractivity contribution in [1.29, 1.82) is 0 Å². The van der Waals surface area contributed by atoms with E-state index in [1.54, 1.807) is 28.4 Å². The van der Waals surface area contributed by atoms with Crippen LogP contribution in [0.2, 0.25) is 0 Å². The summed E-state index contributed by atoms with van der Waals surface area (Å²) in [5, 5.41) is 0. The number of methoxy groups -OCH3 is 4. The van der Waals surface area contributed by atoms with Crippen molar-refractivity contribution in [3.8, 4) is 23.0 Å². The third-order valence-electron chi connectivity index (χ3n) is 6.49. The molecule has 0 fully saturated rings. The first-order valence-corrected chi connectivity index (χ1v) is 9.29. The van der Waals surface area contributed by atoms with Crippen molar-refractivity contribution in [2.24, 2.45) is 0 Å². The van der Waals surface area contributed by atoms with Crippen LogP contribution in [0.25, 0.3) is 0 Å². The van der Waals surface area contributed by atoms with E-state index >= 15 is 0 Å². The molecule has 0 saturated carbocycles. The van der Waals surface area contributed by atoms with Crippen LogP contribution in [0.4, 0.5) is 0 Å². The number of nitrogens with zero attached hydrogens (tertiary/aromatic N) is 1. The fourth-order valence-corrected chi connectivity index (χ4v) is 4.90. The molecule has 0 aromatic heterocycles. The summed E-state index contributed by atoms with van der Waals surface area (Å²) in [6.45, 7) is 4.30. The predicted molar refractivity (Wildman–Crippen MR) is 104 cm³/mol. The van der Waals surface area contributed by atoms with Gasteiger partial charge in [-0.25, -0.2) is 0 Å². The van der Waals surface area contributed by atoms with Gasteiger partial charge in [0.25, 0.3) is 0 Å². The van der Waals surface area contributed by atoms with E-state index < -0.39 is 0 Å². The molecule has 0 spiro atoms. The minimum Gasteiger partial charge on any atom is -0.493 e. The largest absolute Gasteiger partial charge is 0.493 e. The quantitative estimate of drug-likeness (QED) is 0.769. The van der Waals surface area contributed by atoms with Gasteiger partial charge in [-0.15, -0.1) is 0 Å². The van der Waals surface area contributed by atoms with Crippen LogP contribution in [0.15, 0.2) is 24.3 Å². The molecule has 5 heteroatoms.